The minimum absolute atomic E-state index is 0.394. The second-order valence-electron chi connectivity index (χ2n) is 4.82. The van der Waals surface area contributed by atoms with Crippen molar-refractivity contribution in [1.82, 2.24) is 0 Å². The van der Waals surface area contributed by atoms with E-state index < -0.39 is 5.41 Å². The van der Waals surface area contributed by atoms with Crippen LogP contribution in [-0.2, 0) is 11.4 Å². The third kappa shape index (κ3) is 3.33. The summed E-state index contributed by atoms with van der Waals surface area (Å²) in [5.41, 5.74) is 0.693. The summed E-state index contributed by atoms with van der Waals surface area (Å²) in [7, 11) is 0. The van der Waals surface area contributed by atoms with E-state index in [1.807, 2.05) is 30.3 Å². The largest absolute Gasteiger partial charge is 0.391 e. The average Bonchev–Trinajstić information content (AvgIpc) is 2.46. The number of hydrogen-bond acceptors (Lipinski definition) is 3. The molecule has 0 N–H and O–H groups in total. The van der Waals surface area contributed by atoms with Gasteiger partial charge in [0.1, 0.15) is 6.61 Å². The predicted octanol–water partition coefficient (Wildman–Crippen LogP) is 3.66. The summed E-state index contributed by atoms with van der Waals surface area (Å²) in [6.07, 6.45) is 6.96. The molecule has 0 radical (unpaired) electrons. The van der Waals surface area contributed by atoms with Gasteiger partial charge in [-0.25, -0.2) is 0 Å². The smallest absolute Gasteiger partial charge is 0.142 e. The molecule has 18 heavy (non-hydrogen) atoms. The van der Waals surface area contributed by atoms with Gasteiger partial charge in [-0.3, -0.25) is 0 Å². The molecule has 1 saturated carbocycles. The predicted molar refractivity (Wildman–Crippen MR) is 70.9 cm³/mol. The van der Waals surface area contributed by atoms with Crippen molar-refractivity contribution in [2.75, 3.05) is 0 Å². The maximum absolute atomic E-state index is 9.26. The SMILES string of the molecule is N#CC1(/C=N/OCc2ccccc2)CCCCC1. The fourth-order valence-corrected chi connectivity index (χ4v) is 2.28. The third-order valence-electron chi connectivity index (χ3n) is 3.42. The van der Waals surface area contributed by atoms with Gasteiger partial charge in [-0.15, -0.1) is 0 Å². The number of nitriles is 1. The molecule has 3 heteroatoms. The molecule has 0 atom stereocenters. The van der Waals surface area contributed by atoms with E-state index in [0.29, 0.717) is 6.61 Å². The highest BCUT2D eigenvalue weighted by Gasteiger charge is 2.30. The normalized spacial score (nSPS) is 18.4. The van der Waals surface area contributed by atoms with Crippen LogP contribution < -0.4 is 0 Å². The van der Waals surface area contributed by atoms with Crippen molar-refractivity contribution in [3.05, 3.63) is 35.9 Å². The molecule has 0 aliphatic heterocycles. The van der Waals surface area contributed by atoms with Gasteiger partial charge >= 0.3 is 0 Å². The summed E-state index contributed by atoms with van der Waals surface area (Å²) in [5.74, 6) is 0. The van der Waals surface area contributed by atoms with E-state index in [2.05, 4.69) is 11.2 Å². The van der Waals surface area contributed by atoms with E-state index in [1.54, 1.807) is 6.21 Å². The molecule has 1 aliphatic rings. The van der Waals surface area contributed by atoms with Gasteiger partial charge in [0.05, 0.1) is 17.7 Å². The zero-order chi connectivity index (χ0) is 12.7. The van der Waals surface area contributed by atoms with Crippen LogP contribution in [0.1, 0.15) is 37.7 Å². The van der Waals surface area contributed by atoms with E-state index in [4.69, 9.17) is 4.84 Å². The van der Waals surface area contributed by atoms with Gasteiger partial charge in [0, 0.05) is 0 Å². The highest BCUT2D eigenvalue weighted by atomic mass is 16.6. The Balaban J connectivity index is 1.85. The monoisotopic (exact) mass is 242 g/mol. The second-order valence-corrected chi connectivity index (χ2v) is 4.82. The van der Waals surface area contributed by atoms with Gasteiger partial charge in [-0.05, 0) is 18.4 Å². The molecule has 1 aromatic carbocycles. The Morgan fingerprint density at radius 3 is 2.61 bits per heavy atom. The van der Waals surface area contributed by atoms with Crippen LogP contribution in [0.2, 0.25) is 0 Å². The van der Waals surface area contributed by atoms with Gasteiger partial charge < -0.3 is 4.84 Å². The van der Waals surface area contributed by atoms with E-state index in [9.17, 15) is 5.26 Å². The first-order chi connectivity index (χ1) is 8.85. The van der Waals surface area contributed by atoms with Gasteiger partial charge in [0.2, 0.25) is 0 Å². The molecule has 0 aromatic heterocycles. The van der Waals surface area contributed by atoms with Crippen LogP contribution in [0, 0.1) is 16.7 Å². The Hall–Kier alpha value is -1.82. The Kier molecular flexibility index (Phi) is 4.35. The molecule has 0 heterocycles. The lowest BCUT2D eigenvalue weighted by Gasteiger charge is -2.25. The molecule has 1 aliphatic carbocycles. The lowest BCUT2D eigenvalue weighted by molar-refractivity contribution is 0.129. The van der Waals surface area contributed by atoms with Crippen LogP contribution in [0.3, 0.4) is 0 Å². The topological polar surface area (TPSA) is 45.4 Å². The lowest BCUT2D eigenvalue weighted by Crippen LogP contribution is -2.23. The number of hydrogen-bond donors (Lipinski definition) is 0. The van der Waals surface area contributed by atoms with Crippen LogP contribution in [-0.4, -0.2) is 6.21 Å². The molecule has 3 nitrogen and oxygen atoms in total. The molecule has 1 aromatic rings. The molecule has 94 valence electrons. The molecule has 0 amide bonds. The quantitative estimate of drug-likeness (QED) is 0.597. The van der Waals surface area contributed by atoms with Gasteiger partial charge in [-0.1, -0.05) is 54.8 Å². The third-order valence-corrected chi connectivity index (χ3v) is 3.42. The molecule has 0 spiro atoms. The maximum atomic E-state index is 9.26. The van der Waals surface area contributed by atoms with Crippen molar-refractivity contribution < 1.29 is 4.84 Å². The molecule has 0 unspecified atom stereocenters. The molecule has 0 saturated heterocycles. The average molecular weight is 242 g/mol. The zero-order valence-corrected chi connectivity index (χ0v) is 10.5. The van der Waals surface area contributed by atoms with Crippen molar-refractivity contribution in [3.63, 3.8) is 0 Å². The highest BCUT2D eigenvalue weighted by Crippen LogP contribution is 2.33. The summed E-state index contributed by atoms with van der Waals surface area (Å²) >= 11 is 0. The summed E-state index contributed by atoms with van der Waals surface area (Å²) in [4.78, 5) is 5.27. The molecule has 2 rings (SSSR count). The fourth-order valence-electron chi connectivity index (χ4n) is 2.28. The van der Waals surface area contributed by atoms with Crippen LogP contribution in [0.25, 0.3) is 0 Å². The Morgan fingerprint density at radius 1 is 1.22 bits per heavy atom. The van der Waals surface area contributed by atoms with Crippen LogP contribution in [0.15, 0.2) is 35.5 Å². The van der Waals surface area contributed by atoms with E-state index >= 15 is 0 Å². The van der Waals surface area contributed by atoms with E-state index in [-0.39, 0.29) is 0 Å². The van der Waals surface area contributed by atoms with E-state index in [0.717, 1.165) is 31.2 Å². The summed E-state index contributed by atoms with van der Waals surface area (Å²) in [6, 6.07) is 12.3. The lowest BCUT2D eigenvalue weighted by atomic mass is 9.76. The van der Waals surface area contributed by atoms with Crippen LogP contribution >= 0.6 is 0 Å². The summed E-state index contributed by atoms with van der Waals surface area (Å²) in [5, 5.41) is 13.2. The van der Waals surface area contributed by atoms with Crippen LogP contribution in [0.4, 0.5) is 0 Å². The standard InChI is InChI=1S/C15H18N2O/c16-12-15(9-5-2-6-10-15)13-17-18-11-14-7-3-1-4-8-14/h1,3-4,7-8,13H,2,5-6,9-11H2/b17-13+. The first-order valence-corrected chi connectivity index (χ1v) is 6.46. The highest BCUT2D eigenvalue weighted by molar-refractivity contribution is 5.69. The van der Waals surface area contributed by atoms with Crippen molar-refractivity contribution in [3.8, 4) is 6.07 Å². The second kappa shape index (κ2) is 6.20. The maximum Gasteiger partial charge on any atom is 0.142 e. The molecular formula is C15H18N2O. The molecule has 1 fully saturated rings. The fraction of sp³-hybridized carbons (Fsp3) is 0.467. The van der Waals surface area contributed by atoms with Crippen molar-refractivity contribution >= 4 is 6.21 Å². The number of benzene rings is 1. The number of nitrogens with zero attached hydrogens (tertiary/aromatic N) is 2. The number of oxime groups is 1. The first kappa shape index (κ1) is 12.6. The minimum Gasteiger partial charge on any atom is -0.391 e. The Bertz CT molecular complexity index is 428. The minimum atomic E-state index is -0.394. The zero-order valence-electron chi connectivity index (χ0n) is 10.5. The summed E-state index contributed by atoms with van der Waals surface area (Å²) < 4.78 is 0. The van der Waals surface area contributed by atoms with Crippen molar-refractivity contribution in [1.29, 1.82) is 5.26 Å². The van der Waals surface area contributed by atoms with E-state index in [1.165, 1.54) is 6.42 Å². The Morgan fingerprint density at radius 2 is 1.94 bits per heavy atom. The van der Waals surface area contributed by atoms with Crippen LogP contribution in [0.5, 0.6) is 0 Å². The molecular weight excluding hydrogens is 224 g/mol. The van der Waals surface area contributed by atoms with Gasteiger partial charge in [0.15, 0.2) is 0 Å². The van der Waals surface area contributed by atoms with Gasteiger partial charge in [0.25, 0.3) is 0 Å². The number of rotatable bonds is 4. The van der Waals surface area contributed by atoms with Crippen molar-refractivity contribution in [2.45, 2.75) is 38.7 Å². The summed E-state index contributed by atoms with van der Waals surface area (Å²) in [6.45, 7) is 0.457. The van der Waals surface area contributed by atoms with Gasteiger partial charge in [-0.2, -0.15) is 5.26 Å². The first-order valence-electron chi connectivity index (χ1n) is 6.46. The van der Waals surface area contributed by atoms with Crippen molar-refractivity contribution in [2.24, 2.45) is 10.6 Å². The Labute approximate surface area is 108 Å². The molecule has 0 bridgehead atoms.